The standard InChI is InChI=1S/C25H37N3O4.C25H39NO4.C22H35NO4.C2H4O2/c1-23(2)31-21-18-13-15(27-28-26)8-10-25(18,4)17-9-11-24(3)14(12-19(29)30-5)6-7-16(24)20(17)22(21)32-23;1-23(2)29-21-18-13-15(26)8-10-25(18,4)17-9-11-24(3)14(12-19(27)28-5)6-7-16(24)20(17)22(21)30-23;1-21-9-7-15-18(14(21)5-4-12(21)10-17(24)27-3)20(26)19(25)16-11-13(23)6-8-22(15,16)2;1-2(3)4/h12,15-18,20-22H,6-11,13H2,1-5H3;12,15-18,20-22H,6-11,13,26H2,1-5H3;10,13-16,18-20,25-26H,4-9,11,23H2,1-3H3;1H3,(H,3,4)/b2*14-12+;12-10+;/t2*15-,16?,17?,18?,20?,21-,22-,24-,25-;13-,14?,15?,16?,18?,19-,20-,21-,22-;/m111./s1. The van der Waals surface area contributed by atoms with Crippen LogP contribution in [0.1, 0.15) is 211 Å². The molecule has 12 unspecified atom stereocenters. The third kappa shape index (κ3) is 12.1. The number of aliphatic hydroxyl groups is 2. The Balaban J connectivity index is 0.000000139. The molecule has 520 valence electrons. The van der Waals surface area contributed by atoms with E-state index in [-0.39, 0.29) is 105 Å². The molecule has 19 heteroatoms. The Hall–Kier alpha value is -3.91. The van der Waals surface area contributed by atoms with Crippen LogP contribution in [0.4, 0.5) is 0 Å². The smallest absolute Gasteiger partial charge is 0.330 e. The van der Waals surface area contributed by atoms with Gasteiger partial charge < -0.3 is 59.9 Å². The van der Waals surface area contributed by atoms with Gasteiger partial charge >= 0.3 is 17.9 Å². The van der Waals surface area contributed by atoms with Gasteiger partial charge in [0.1, 0.15) is 0 Å². The normalized spacial score (nSPS) is 50.0. The highest BCUT2D eigenvalue weighted by Crippen LogP contribution is 2.73. The molecule has 93 heavy (non-hydrogen) atoms. The molecule has 19 nitrogen and oxygen atoms in total. The molecule has 0 amide bonds. The fourth-order valence-electron chi connectivity index (χ4n) is 24.7. The summed E-state index contributed by atoms with van der Waals surface area (Å²) in [7, 11) is 4.34. The second-order valence-corrected chi connectivity index (χ2v) is 34.1. The predicted octanol–water partition coefficient (Wildman–Crippen LogP) is 12.2. The summed E-state index contributed by atoms with van der Waals surface area (Å²) in [6.45, 7) is 23.6. The summed E-state index contributed by atoms with van der Waals surface area (Å²) in [6, 6.07) is 0.469. The lowest BCUT2D eigenvalue weighted by Gasteiger charge is -2.63. The molecule has 0 radical (unpaired) electrons. The van der Waals surface area contributed by atoms with Gasteiger partial charge in [-0.3, -0.25) is 4.79 Å². The molecule has 14 rings (SSSR count). The van der Waals surface area contributed by atoms with Crippen molar-refractivity contribution in [2.75, 3.05) is 21.3 Å². The van der Waals surface area contributed by atoms with Gasteiger partial charge in [0.2, 0.25) is 0 Å². The van der Waals surface area contributed by atoms with E-state index < -0.39 is 29.8 Å². The number of nitrogens with zero attached hydrogens (tertiary/aromatic N) is 3. The summed E-state index contributed by atoms with van der Waals surface area (Å²) in [6.07, 6.45) is 26.0. The SMILES string of the molecule is CC(=O)O.COC(=O)/C=C1\CCC2C3C(CC[C@]12C)[C@@]1(C)CC[C@@H](N)CC1[C@@H](O)[C@@H]3O.COC(=O)/C=C1\CCC2C3C(CC[C@]12C)[C@@]1(C)CC[C@@H](N)CC1[C@H]1OC(C)(C)O[C@H]31.COC(=O)/C=C1\CCC2C3C(CC[C@]12C)[C@@]1(C)CC[C@@H](N=[N+]=[N-])CC1[C@H]1OC(C)(C)O[C@H]31. The topological polar surface area (TPSA) is 294 Å². The van der Waals surface area contributed by atoms with Crippen molar-refractivity contribution in [3.05, 3.63) is 45.4 Å². The molecule has 2 heterocycles. The molecule has 0 bridgehead atoms. The minimum Gasteiger partial charge on any atom is -0.481 e. The number of carboxylic acid groups (broad SMARTS) is 1. The molecule has 27 atom stereocenters. The number of aliphatic hydroxyl groups excluding tert-OH is 2. The number of nitrogens with two attached hydrogens (primary N) is 2. The van der Waals surface area contributed by atoms with E-state index in [1.807, 2.05) is 13.8 Å². The van der Waals surface area contributed by atoms with Gasteiger partial charge in [-0.15, -0.1) is 0 Å². The highest BCUT2D eigenvalue weighted by molar-refractivity contribution is 5.84. The molecule has 14 fully saturated rings. The summed E-state index contributed by atoms with van der Waals surface area (Å²) in [5, 5.41) is 33.8. The lowest BCUT2D eigenvalue weighted by atomic mass is 9.43. The number of aliphatic carboxylic acids is 1. The van der Waals surface area contributed by atoms with Gasteiger partial charge in [0.25, 0.3) is 5.97 Å². The lowest BCUT2D eigenvalue weighted by molar-refractivity contribution is -0.210. The van der Waals surface area contributed by atoms with Crippen LogP contribution < -0.4 is 11.5 Å². The monoisotopic (exact) mass is 1300 g/mol. The van der Waals surface area contributed by atoms with Crippen LogP contribution >= 0.6 is 0 Å². The maximum atomic E-state index is 12.1. The molecule has 12 saturated carbocycles. The van der Waals surface area contributed by atoms with Crippen LogP contribution in [0, 0.1) is 104 Å². The Kier molecular flexibility index (Phi) is 19.5. The minimum absolute atomic E-state index is 0.0154. The van der Waals surface area contributed by atoms with Crippen LogP contribution in [-0.4, -0.2) is 127 Å². The number of esters is 3. The Morgan fingerprint density at radius 1 is 0.473 bits per heavy atom. The number of ether oxygens (including phenoxy) is 7. The minimum atomic E-state index is -0.833. The summed E-state index contributed by atoms with van der Waals surface area (Å²) < 4.78 is 41.3. The van der Waals surface area contributed by atoms with Gasteiger partial charge in [0, 0.05) is 48.2 Å². The van der Waals surface area contributed by atoms with E-state index in [1.54, 1.807) is 18.2 Å². The second-order valence-electron chi connectivity index (χ2n) is 34.1. The van der Waals surface area contributed by atoms with Crippen LogP contribution in [0.5, 0.6) is 0 Å². The quantitative estimate of drug-likeness (QED) is 0.0436. The first-order valence-electron chi connectivity index (χ1n) is 35.9. The predicted molar refractivity (Wildman–Crippen MR) is 350 cm³/mol. The van der Waals surface area contributed by atoms with Crippen LogP contribution in [-0.2, 0) is 52.3 Å². The number of carbonyl (C=O) groups is 4. The number of azide groups is 1. The number of rotatable bonds is 4. The van der Waals surface area contributed by atoms with Gasteiger partial charge in [-0.25, -0.2) is 14.4 Å². The van der Waals surface area contributed by atoms with Gasteiger partial charge in [0.05, 0.1) is 58.0 Å². The largest absolute Gasteiger partial charge is 0.481 e. The summed E-state index contributed by atoms with van der Waals surface area (Å²) in [5.41, 5.74) is 25.9. The fraction of sp³-hybridized carbons (Fsp3) is 0.865. The van der Waals surface area contributed by atoms with E-state index in [1.165, 1.54) is 45.3 Å². The molecule has 0 spiro atoms. The number of carbonyl (C=O) groups excluding carboxylic acids is 3. The van der Waals surface area contributed by atoms with Gasteiger partial charge in [0.15, 0.2) is 11.6 Å². The van der Waals surface area contributed by atoms with Crippen molar-refractivity contribution in [1.82, 2.24) is 0 Å². The number of fused-ring (bicyclic) bond motifs is 21. The Bertz CT molecular complexity index is 2990. The van der Waals surface area contributed by atoms with E-state index in [4.69, 9.17) is 60.1 Å². The van der Waals surface area contributed by atoms with Crippen molar-refractivity contribution in [2.24, 2.45) is 120 Å². The number of carboxylic acids is 1. The molecular formula is C74H115N5O14. The molecule has 0 aromatic carbocycles. The van der Waals surface area contributed by atoms with Crippen LogP contribution in [0.15, 0.2) is 40.1 Å². The first-order chi connectivity index (χ1) is 43.7. The third-order valence-electron chi connectivity index (χ3n) is 29.1. The maximum absolute atomic E-state index is 12.1. The average Bonchev–Trinajstić information content (AvgIpc) is 1.69. The van der Waals surface area contributed by atoms with Crippen molar-refractivity contribution in [1.29, 1.82) is 0 Å². The summed E-state index contributed by atoms with van der Waals surface area (Å²) in [4.78, 5) is 48.1. The number of hydrogen-bond acceptors (Lipinski definition) is 16. The number of methoxy groups -OCH3 is 3. The van der Waals surface area contributed by atoms with Crippen molar-refractivity contribution in [2.45, 2.75) is 277 Å². The Labute approximate surface area is 553 Å². The van der Waals surface area contributed by atoms with E-state index in [9.17, 15) is 24.6 Å². The van der Waals surface area contributed by atoms with Crippen LogP contribution in [0.3, 0.4) is 0 Å². The fourth-order valence-corrected chi connectivity index (χ4v) is 24.7. The zero-order valence-corrected chi connectivity index (χ0v) is 58.5. The molecule has 0 aromatic rings. The van der Waals surface area contributed by atoms with Gasteiger partial charge in [-0.2, -0.15) is 0 Å². The van der Waals surface area contributed by atoms with E-state index in [0.717, 1.165) is 134 Å². The Morgan fingerprint density at radius 2 is 0.806 bits per heavy atom. The van der Waals surface area contributed by atoms with Crippen LogP contribution in [0.2, 0.25) is 0 Å². The maximum Gasteiger partial charge on any atom is 0.330 e. The highest BCUT2D eigenvalue weighted by atomic mass is 16.8. The molecule has 0 aromatic heterocycles. The van der Waals surface area contributed by atoms with E-state index >= 15 is 0 Å². The van der Waals surface area contributed by atoms with Crippen molar-refractivity contribution < 1.29 is 67.7 Å². The van der Waals surface area contributed by atoms with Gasteiger partial charge in [-0.05, 0) is 272 Å². The summed E-state index contributed by atoms with van der Waals surface area (Å²) in [5.74, 6) is 2.14. The molecular weight excluding hydrogens is 1180 g/mol. The third-order valence-corrected chi connectivity index (χ3v) is 29.1. The summed E-state index contributed by atoms with van der Waals surface area (Å²) >= 11 is 0. The molecule has 12 aliphatic carbocycles. The first kappa shape index (κ1) is 70.4. The molecule has 7 N–H and O–H groups in total. The second kappa shape index (κ2) is 25.7. The van der Waals surface area contributed by atoms with Crippen molar-refractivity contribution in [3.8, 4) is 0 Å². The number of hydrogen-bond donors (Lipinski definition) is 5. The zero-order chi connectivity index (χ0) is 67.5. The number of allylic oxidation sites excluding steroid dienone is 3. The first-order valence-corrected chi connectivity index (χ1v) is 35.9. The Morgan fingerprint density at radius 3 is 1.19 bits per heavy atom. The van der Waals surface area contributed by atoms with E-state index in [0.29, 0.717) is 59.2 Å². The van der Waals surface area contributed by atoms with E-state index in [2.05, 4.69) is 65.4 Å². The molecule has 2 saturated heterocycles. The average molecular weight is 1300 g/mol. The highest BCUT2D eigenvalue weighted by Gasteiger charge is 2.71. The molecule has 14 aliphatic rings. The lowest BCUT2D eigenvalue weighted by Crippen LogP contribution is -2.64. The van der Waals surface area contributed by atoms with Crippen LogP contribution in [0.25, 0.3) is 10.4 Å². The molecule has 2 aliphatic heterocycles. The van der Waals surface area contributed by atoms with Gasteiger partial charge in [-0.1, -0.05) is 63.4 Å². The zero-order valence-electron chi connectivity index (χ0n) is 58.5. The van der Waals surface area contributed by atoms with Crippen molar-refractivity contribution >= 4 is 23.9 Å². The van der Waals surface area contributed by atoms with Crippen molar-refractivity contribution in [3.63, 3.8) is 0 Å².